The van der Waals surface area contributed by atoms with Crippen molar-refractivity contribution in [1.29, 1.82) is 0 Å². The van der Waals surface area contributed by atoms with Crippen molar-refractivity contribution in [3.8, 4) is 0 Å². The van der Waals surface area contributed by atoms with Crippen molar-refractivity contribution < 1.29 is 4.74 Å². The molecule has 2 atom stereocenters. The third-order valence-corrected chi connectivity index (χ3v) is 4.31. The number of halogens is 1. The normalized spacial score (nSPS) is 24.0. The highest BCUT2D eigenvalue weighted by atomic mass is 79.9. The van der Waals surface area contributed by atoms with Gasteiger partial charge in [0.15, 0.2) is 0 Å². The quantitative estimate of drug-likeness (QED) is 0.627. The van der Waals surface area contributed by atoms with Gasteiger partial charge in [-0.2, -0.15) is 5.10 Å². The van der Waals surface area contributed by atoms with Gasteiger partial charge in [0.25, 0.3) is 0 Å². The van der Waals surface area contributed by atoms with Gasteiger partial charge >= 0.3 is 0 Å². The van der Waals surface area contributed by atoms with Gasteiger partial charge in [-0.3, -0.25) is 5.01 Å². The predicted octanol–water partition coefficient (Wildman–Crippen LogP) is 3.61. The number of rotatable bonds is 4. The average Bonchev–Trinajstić information content (AvgIpc) is 3.41. The summed E-state index contributed by atoms with van der Waals surface area (Å²) in [5.41, 5.74) is 3.51. The van der Waals surface area contributed by atoms with Gasteiger partial charge in [-0.15, -0.1) is 0 Å². The van der Waals surface area contributed by atoms with Crippen molar-refractivity contribution in [2.75, 3.05) is 13.2 Å². The Morgan fingerprint density at radius 2 is 1.81 bits per heavy atom. The molecule has 4 rings (SSSR count). The zero-order valence-corrected chi connectivity index (χ0v) is 13.0. The molecule has 0 aliphatic carbocycles. The topological polar surface area (TPSA) is 27.9 Å². The lowest BCUT2D eigenvalue weighted by Crippen LogP contribution is -2.11. The van der Waals surface area contributed by atoms with E-state index in [4.69, 9.17) is 9.84 Å². The first-order valence-corrected chi connectivity index (χ1v) is 7.88. The van der Waals surface area contributed by atoms with Crippen molar-refractivity contribution in [3.63, 3.8) is 0 Å². The van der Waals surface area contributed by atoms with Crippen LogP contribution in [0, 0.1) is 0 Å². The van der Waals surface area contributed by atoms with Crippen molar-refractivity contribution in [2.45, 2.75) is 12.1 Å². The number of ether oxygens (including phenoxy) is 1. The molecule has 2 heterocycles. The molecule has 2 saturated heterocycles. The minimum Gasteiger partial charge on any atom is -0.366 e. The second-order valence-electron chi connectivity index (χ2n) is 5.36. The molecule has 2 aliphatic heterocycles. The molecular formula is C17H15BrN2O. The zero-order chi connectivity index (χ0) is 14.2. The molecule has 2 aromatic rings. The molecule has 0 bridgehead atoms. The van der Waals surface area contributed by atoms with E-state index in [9.17, 15) is 0 Å². The summed E-state index contributed by atoms with van der Waals surface area (Å²) < 4.78 is 6.54. The summed E-state index contributed by atoms with van der Waals surface area (Å²) in [4.78, 5) is 0. The van der Waals surface area contributed by atoms with E-state index in [0.29, 0.717) is 6.04 Å². The van der Waals surface area contributed by atoms with Gasteiger partial charge in [0.05, 0.1) is 24.9 Å². The van der Waals surface area contributed by atoms with Gasteiger partial charge in [-0.1, -0.05) is 58.4 Å². The lowest BCUT2D eigenvalue weighted by atomic mass is 10.1. The smallest absolute Gasteiger partial charge is 0.125 e. The van der Waals surface area contributed by atoms with E-state index in [-0.39, 0.29) is 6.10 Å². The summed E-state index contributed by atoms with van der Waals surface area (Å²) in [6, 6.07) is 19.2. The monoisotopic (exact) mass is 342 g/mol. The number of nitrogens with zero attached hydrogens (tertiary/aromatic N) is 2. The molecule has 2 unspecified atom stereocenters. The van der Waals surface area contributed by atoms with Crippen LogP contribution in [0.4, 0.5) is 0 Å². The third-order valence-electron chi connectivity index (χ3n) is 3.79. The van der Waals surface area contributed by atoms with Crippen LogP contribution in [0.15, 0.2) is 64.2 Å². The number of hydrogen-bond donors (Lipinski definition) is 0. The molecule has 0 spiro atoms. The van der Waals surface area contributed by atoms with E-state index in [0.717, 1.165) is 28.9 Å². The average molecular weight is 343 g/mol. The SMILES string of the molecule is Brc1ccc(/C(=N/N2CC2c2ccccc2)C2CO2)cc1. The van der Waals surface area contributed by atoms with Gasteiger partial charge in [0, 0.05) is 10.0 Å². The summed E-state index contributed by atoms with van der Waals surface area (Å²) >= 11 is 3.47. The highest BCUT2D eigenvalue weighted by Crippen LogP contribution is 2.36. The second-order valence-corrected chi connectivity index (χ2v) is 6.28. The maximum atomic E-state index is 5.46. The zero-order valence-electron chi connectivity index (χ0n) is 11.4. The lowest BCUT2D eigenvalue weighted by molar-refractivity contribution is 0.445. The fourth-order valence-electron chi connectivity index (χ4n) is 2.47. The van der Waals surface area contributed by atoms with Gasteiger partial charge in [-0.25, -0.2) is 0 Å². The van der Waals surface area contributed by atoms with Gasteiger partial charge in [0.1, 0.15) is 6.10 Å². The fourth-order valence-corrected chi connectivity index (χ4v) is 2.73. The molecule has 0 aromatic heterocycles. The van der Waals surface area contributed by atoms with Crippen LogP contribution in [0.2, 0.25) is 0 Å². The molecule has 3 nitrogen and oxygen atoms in total. The Balaban J connectivity index is 1.57. The summed E-state index contributed by atoms with van der Waals surface area (Å²) in [7, 11) is 0. The standard InChI is InChI=1S/C17H15BrN2O/c18-14-8-6-13(7-9-14)17(16-11-21-16)19-20-10-15(20)12-4-2-1-3-5-12/h1-9,15-16H,10-11H2/b19-17-. The number of hydrazone groups is 1. The summed E-state index contributed by atoms with van der Waals surface area (Å²) in [6.07, 6.45) is 0.156. The van der Waals surface area contributed by atoms with E-state index < -0.39 is 0 Å². The van der Waals surface area contributed by atoms with Gasteiger partial charge in [-0.05, 0) is 17.7 Å². The Bertz CT molecular complexity index is 665. The van der Waals surface area contributed by atoms with Crippen LogP contribution in [-0.4, -0.2) is 30.0 Å². The molecule has 4 heteroatoms. The molecular weight excluding hydrogens is 328 g/mol. The molecule has 2 fully saturated rings. The molecule has 106 valence electrons. The van der Waals surface area contributed by atoms with Crippen molar-refractivity contribution in [3.05, 3.63) is 70.2 Å². The van der Waals surface area contributed by atoms with Crippen molar-refractivity contribution in [2.24, 2.45) is 5.10 Å². The van der Waals surface area contributed by atoms with E-state index in [1.165, 1.54) is 5.56 Å². The Morgan fingerprint density at radius 3 is 2.48 bits per heavy atom. The Kier molecular flexibility index (Phi) is 3.28. The van der Waals surface area contributed by atoms with Crippen molar-refractivity contribution >= 4 is 21.6 Å². The van der Waals surface area contributed by atoms with Crippen LogP contribution in [0.25, 0.3) is 0 Å². The molecule has 2 aliphatic rings. The van der Waals surface area contributed by atoms with E-state index >= 15 is 0 Å². The van der Waals surface area contributed by atoms with Crippen molar-refractivity contribution in [1.82, 2.24) is 5.01 Å². The second kappa shape index (κ2) is 5.28. The first kappa shape index (κ1) is 13.0. The minimum absolute atomic E-state index is 0.156. The summed E-state index contributed by atoms with van der Waals surface area (Å²) in [5.74, 6) is 0. The Hall–Kier alpha value is -1.65. The highest BCUT2D eigenvalue weighted by Gasteiger charge is 2.38. The van der Waals surface area contributed by atoms with E-state index in [2.05, 4.69) is 57.3 Å². The Morgan fingerprint density at radius 1 is 1.10 bits per heavy atom. The van der Waals surface area contributed by atoms with Crippen LogP contribution in [0.1, 0.15) is 17.2 Å². The van der Waals surface area contributed by atoms with E-state index in [1.807, 2.05) is 18.2 Å². The molecule has 0 saturated carbocycles. The largest absolute Gasteiger partial charge is 0.366 e. The summed E-state index contributed by atoms with van der Waals surface area (Å²) in [6.45, 7) is 1.76. The van der Waals surface area contributed by atoms with Crippen LogP contribution in [0.3, 0.4) is 0 Å². The van der Waals surface area contributed by atoms with Crippen LogP contribution in [-0.2, 0) is 4.74 Å². The summed E-state index contributed by atoms with van der Waals surface area (Å²) in [5, 5.41) is 6.95. The molecule has 0 amide bonds. The third kappa shape index (κ3) is 2.87. The number of hydrogen-bond acceptors (Lipinski definition) is 3. The molecule has 0 N–H and O–H groups in total. The molecule has 21 heavy (non-hydrogen) atoms. The Labute approximate surface area is 132 Å². The van der Waals surface area contributed by atoms with Gasteiger partial charge in [0.2, 0.25) is 0 Å². The highest BCUT2D eigenvalue weighted by molar-refractivity contribution is 9.10. The lowest BCUT2D eigenvalue weighted by Gasteiger charge is -2.06. The predicted molar refractivity (Wildman–Crippen MR) is 86.3 cm³/mol. The molecule has 2 aromatic carbocycles. The maximum absolute atomic E-state index is 5.46. The van der Waals surface area contributed by atoms with Crippen LogP contribution in [0.5, 0.6) is 0 Å². The number of epoxide rings is 1. The van der Waals surface area contributed by atoms with Gasteiger partial charge < -0.3 is 4.74 Å². The number of benzene rings is 2. The molecule has 0 radical (unpaired) electrons. The fraction of sp³-hybridized carbons (Fsp3) is 0.235. The van der Waals surface area contributed by atoms with Crippen LogP contribution >= 0.6 is 15.9 Å². The minimum atomic E-state index is 0.156. The maximum Gasteiger partial charge on any atom is 0.125 e. The first-order valence-electron chi connectivity index (χ1n) is 7.09. The first-order chi connectivity index (χ1) is 10.3. The van der Waals surface area contributed by atoms with E-state index in [1.54, 1.807) is 0 Å². The van der Waals surface area contributed by atoms with Crippen LogP contribution < -0.4 is 0 Å².